The zero-order valence-electron chi connectivity index (χ0n) is 18.8. The Hall–Kier alpha value is -2.75. The van der Waals surface area contributed by atoms with Crippen molar-refractivity contribution in [3.8, 4) is 5.75 Å². The summed E-state index contributed by atoms with van der Waals surface area (Å²) in [6.45, 7) is 7.18. The van der Waals surface area contributed by atoms with E-state index in [-0.39, 0.29) is 5.91 Å². The number of aryl methyl sites for hydroxylation is 1. The van der Waals surface area contributed by atoms with Crippen molar-refractivity contribution in [3.63, 3.8) is 0 Å². The molecule has 1 amide bonds. The molecule has 1 aliphatic rings. The Balaban J connectivity index is 1.42. The Kier molecular flexibility index (Phi) is 7.19. The van der Waals surface area contributed by atoms with Crippen LogP contribution < -0.4 is 10.1 Å². The minimum atomic E-state index is 0.0781. The van der Waals surface area contributed by atoms with Crippen LogP contribution in [0.15, 0.2) is 30.6 Å². The molecule has 3 aromatic rings. The Labute approximate surface area is 192 Å². The normalized spacial score (nSPS) is 14.7. The van der Waals surface area contributed by atoms with E-state index in [2.05, 4.69) is 32.3 Å². The summed E-state index contributed by atoms with van der Waals surface area (Å²) in [5.74, 6) is 1.70. The molecule has 1 saturated heterocycles. The Bertz CT molecular complexity index is 1080. The third kappa shape index (κ3) is 4.85. The maximum Gasteiger partial charge on any atom is 0.264 e. The second-order valence-corrected chi connectivity index (χ2v) is 8.80. The van der Waals surface area contributed by atoms with Crippen molar-refractivity contribution in [2.45, 2.75) is 13.5 Å². The second-order valence-electron chi connectivity index (χ2n) is 7.80. The summed E-state index contributed by atoms with van der Waals surface area (Å²) < 4.78 is 10.4. The second kappa shape index (κ2) is 10.2. The number of ether oxygens (including phenoxy) is 2. The molecule has 1 N–H and O–H groups in total. The number of amides is 1. The summed E-state index contributed by atoms with van der Waals surface area (Å²) in [5, 5.41) is 4.21. The molecule has 0 radical (unpaired) electrons. The lowest BCUT2D eigenvalue weighted by Crippen LogP contribution is -2.48. The van der Waals surface area contributed by atoms with Gasteiger partial charge in [0, 0.05) is 46.4 Å². The molecule has 0 bridgehead atoms. The fourth-order valence-corrected chi connectivity index (χ4v) is 5.08. The van der Waals surface area contributed by atoms with Gasteiger partial charge in [0.15, 0.2) is 0 Å². The third-order valence-electron chi connectivity index (χ3n) is 5.72. The van der Waals surface area contributed by atoms with E-state index in [0.29, 0.717) is 26.2 Å². The number of aromatic nitrogens is 2. The molecule has 0 saturated carbocycles. The standard InChI is InChI=1S/C23H29N5O3S/c1-16-19-21(24-7-12-30-2)25-15-26-22(19)32-20(16)23(29)28-10-8-27(9-11-28)14-17-5-4-6-18(13-17)31-3/h4-6,13,15H,7-12,14H2,1-3H3,(H,24,25,26). The van der Waals surface area contributed by atoms with Crippen LogP contribution in [0.3, 0.4) is 0 Å². The van der Waals surface area contributed by atoms with E-state index in [9.17, 15) is 4.79 Å². The van der Waals surface area contributed by atoms with Gasteiger partial charge in [0.25, 0.3) is 5.91 Å². The molecule has 2 aromatic heterocycles. The van der Waals surface area contributed by atoms with E-state index in [0.717, 1.165) is 51.9 Å². The van der Waals surface area contributed by atoms with Crippen LogP contribution in [-0.2, 0) is 11.3 Å². The Morgan fingerprint density at radius 2 is 2.00 bits per heavy atom. The monoisotopic (exact) mass is 455 g/mol. The van der Waals surface area contributed by atoms with Crippen molar-refractivity contribution in [2.75, 3.05) is 58.9 Å². The number of rotatable bonds is 8. The summed E-state index contributed by atoms with van der Waals surface area (Å²) in [6, 6.07) is 8.15. The number of anilines is 1. The topological polar surface area (TPSA) is 79.8 Å². The van der Waals surface area contributed by atoms with Crippen LogP contribution in [0.4, 0.5) is 5.82 Å². The summed E-state index contributed by atoms with van der Waals surface area (Å²) in [6.07, 6.45) is 1.54. The van der Waals surface area contributed by atoms with Crippen LogP contribution >= 0.6 is 11.3 Å². The minimum Gasteiger partial charge on any atom is -0.497 e. The van der Waals surface area contributed by atoms with Crippen LogP contribution in [0.25, 0.3) is 10.2 Å². The molecule has 1 aliphatic heterocycles. The highest BCUT2D eigenvalue weighted by atomic mass is 32.1. The van der Waals surface area contributed by atoms with E-state index in [1.165, 1.54) is 16.9 Å². The van der Waals surface area contributed by atoms with Gasteiger partial charge in [-0.05, 0) is 30.2 Å². The van der Waals surface area contributed by atoms with Gasteiger partial charge in [0.2, 0.25) is 0 Å². The largest absolute Gasteiger partial charge is 0.497 e. The molecule has 0 spiro atoms. The average molecular weight is 456 g/mol. The van der Waals surface area contributed by atoms with Crippen LogP contribution in [0.5, 0.6) is 5.75 Å². The lowest BCUT2D eigenvalue weighted by molar-refractivity contribution is 0.0632. The lowest BCUT2D eigenvalue weighted by atomic mass is 10.1. The molecular weight excluding hydrogens is 426 g/mol. The lowest BCUT2D eigenvalue weighted by Gasteiger charge is -2.34. The van der Waals surface area contributed by atoms with Gasteiger partial charge in [-0.3, -0.25) is 9.69 Å². The minimum absolute atomic E-state index is 0.0781. The number of nitrogens with one attached hydrogen (secondary N) is 1. The number of piperazine rings is 1. The van der Waals surface area contributed by atoms with Crippen molar-refractivity contribution in [1.29, 1.82) is 0 Å². The predicted molar refractivity (Wildman–Crippen MR) is 127 cm³/mol. The number of carbonyl (C=O) groups excluding carboxylic acids is 1. The van der Waals surface area contributed by atoms with Gasteiger partial charge in [-0.2, -0.15) is 0 Å². The van der Waals surface area contributed by atoms with E-state index in [1.807, 2.05) is 24.0 Å². The summed E-state index contributed by atoms with van der Waals surface area (Å²) in [7, 11) is 3.35. The number of benzene rings is 1. The highest BCUT2D eigenvalue weighted by Crippen LogP contribution is 2.34. The fraction of sp³-hybridized carbons (Fsp3) is 0.435. The number of hydrogen-bond donors (Lipinski definition) is 1. The van der Waals surface area contributed by atoms with Crippen LogP contribution in [-0.4, -0.2) is 79.2 Å². The first-order valence-electron chi connectivity index (χ1n) is 10.7. The van der Waals surface area contributed by atoms with Crippen molar-refractivity contribution < 1.29 is 14.3 Å². The molecule has 170 valence electrons. The zero-order valence-corrected chi connectivity index (χ0v) is 19.6. The van der Waals surface area contributed by atoms with Crippen LogP contribution in [0.1, 0.15) is 20.8 Å². The highest BCUT2D eigenvalue weighted by Gasteiger charge is 2.26. The van der Waals surface area contributed by atoms with Gasteiger partial charge in [-0.1, -0.05) is 12.1 Å². The number of hydrogen-bond acceptors (Lipinski definition) is 8. The van der Waals surface area contributed by atoms with Gasteiger partial charge in [-0.15, -0.1) is 11.3 Å². The predicted octanol–water partition coefficient (Wildman–Crippen LogP) is 3.02. The van der Waals surface area contributed by atoms with Gasteiger partial charge in [0.1, 0.15) is 22.7 Å². The van der Waals surface area contributed by atoms with Crippen LogP contribution in [0, 0.1) is 6.92 Å². The first-order chi connectivity index (χ1) is 15.6. The van der Waals surface area contributed by atoms with E-state index in [1.54, 1.807) is 20.5 Å². The van der Waals surface area contributed by atoms with E-state index >= 15 is 0 Å². The average Bonchev–Trinajstić information content (AvgIpc) is 3.16. The molecule has 8 nitrogen and oxygen atoms in total. The van der Waals surface area contributed by atoms with Crippen molar-refractivity contribution in [2.24, 2.45) is 0 Å². The third-order valence-corrected chi connectivity index (χ3v) is 6.91. The molecule has 32 heavy (non-hydrogen) atoms. The maximum atomic E-state index is 13.3. The molecular formula is C23H29N5O3S. The quantitative estimate of drug-likeness (QED) is 0.523. The van der Waals surface area contributed by atoms with Crippen molar-refractivity contribution >= 4 is 33.3 Å². The highest BCUT2D eigenvalue weighted by molar-refractivity contribution is 7.20. The summed E-state index contributed by atoms with van der Waals surface area (Å²) in [4.78, 5) is 28.0. The van der Waals surface area contributed by atoms with Crippen molar-refractivity contribution in [1.82, 2.24) is 19.8 Å². The van der Waals surface area contributed by atoms with E-state index < -0.39 is 0 Å². The molecule has 9 heteroatoms. The molecule has 0 atom stereocenters. The molecule has 1 aromatic carbocycles. The van der Waals surface area contributed by atoms with Gasteiger partial charge < -0.3 is 19.7 Å². The van der Waals surface area contributed by atoms with E-state index in [4.69, 9.17) is 9.47 Å². The Morgan fingerprint density at radius 1 is 1.19 bits per heavy atom. The van der Waals surface area contributed by atoms with Crippen LogP contribution in [0.2, 0.25) is 0 Å². The SMILES string of the molecule is COCCNc1ncnc2sc(C(=O)N3CCN(Cc4cccc(OC)c4)CC3)c(C)c12. The molecule has 4 rings (SSSR count). The number of methoxy groups -OCH3 is 2. The summed E-state index contributed by atoms with van der Waals surface area (Å²) >= 11 is 1.45. The first-order valence-corrected chi connectivity index (χ1v) is 11.5. The van der Waals surface area contributed by atoms with Crippen molar-refractivity contribution in [3.05, 3.63) is 46.6 Å². The first kappa shape index (κ1) is 22.4. The number of carbonyl (C=O) groups is 1. The number of thiophene rings is 1. The van der Waals surface area contributed by atoms with Gasteiger partial charge >= 0.3 is 0 Å². The van der Waals surface area contributed by atoms with Gasteiger partial charge in [-0.25, -0.2) is 9.97 Å². The zero-order chi connectivity index (χ0) is 22.5. The fourth-order valence-electron chi connectivity index (χ4n) is 3.96. The molecule has 0 aliphatic carbocycles. The Morgan fingerprint density at radius 3 is 2.75 bits per heavy atom. The summed E-state index contributed by atoms with van der Waals surface area (Å²) in [5.41, 5.74) is 2.16. The smallest absolute Gasteiger partial charge is 0.264 e. The molecule has 3 heterocycles. The maximum absolute atomic E-state index is 13.3. The molecule has 0 unspecified atom stereocenters. The number of nitrogens with zero attached hydrogens (tertiary/aromatic N) is 4. The van der Waals surface area contributed by atoms with Gasteiger partial charge in [0.05, 0.1) is 24.0 Å². The molecule has 1 fully saturated rings. The number of fused-ring (bicyclic) bond motifs is 1.